The van der Waals surface area contributed by atoms with Crippen molar-refractivity contribution in [2.24, 2.45) is 0 Å². The van der Waals surface area contributed by atoms with Crippen LogP contribution in [0.3, 0.4) is 0 Å². The van der Waals surface area contributed by atoms with E-state index in [1.165, 1.54) is 0 Å². The first-order valence-corrected chi connectivity index (χ1v) is 7.02. The van der Waals surface area contributed by atoms with Gasteiger partial charge in [-0.2, -0.15) is 10.1 Å². The molecule has 0 aliphatic carbocycles. The Morgan fingerprint density at radius 1 is 1.48 bits per heavy atom. The summed E-state index contributed by atoms with van der Waals surface area (Å²) in [5, 5.41) is 13.5. The molecule has 1 atom stereocenters. The van der Waals surface area contributed by atoms with Gasteiger partial charge in [-0.15, -0.1) is 0 Å². The van der Waals surface area contributed by atoms with Crippen LogP contribution in [0.4, 0.5) is 4.79 Å². The Kier molecular flexibility index (Phi) is 4.91. The second-order valence-electron chi connectivity index (χ2n) is 4.73. The zero-order valence-electron chi connectivity index (χ0n) is 12.5. The minimum atomic E-state index is -0.247. The predicted octanol–water partition coefficient (Wildman–Crippen LogP) is 1.55. The number of aryl methyl sites for hydroxylation is 1. The largest absolute Gasteiger partial charge is 0.337 e. The third kappa shape index (κ3) is 4.04. The number of carbonyl (C=O) groups excluding carboxylic acids is 1. The summed E-state index contributed by atoms with van der Waals surface area (Å²) >= 11 is 0. The lowest BCUT2D eigenvalue weighted by atomic mass is 10.3. The van der Waals surface area contributed by atoms with Gasteiger partial charge in [-0.05, 0) is 20.3 Å². The molecule has 8 nitrogen and oxygen atoms in total. The number of hydrogen-bond donors (Lipinski definition) is 2. The maximum Gasteiger partial charge on any atom is 0.315 e. The molecule has 0 unspecified atom stereocenters. The van der Waals surface area contributed by atoms with Gasteiger partial charge in [0.1, 0.15) is 0 Å². The molecule has 0 bridgehead atoms. The van der Waals surface area contributed by atoms with Crippen molar-refractivity contribution >= 4 is 6.03 Å². The van der Waals surface area contributed by atoms with Crippen molar-refractivity contribution in [1.82, 2.24) is 30.6 Å². The van der Waals surface area contributed by atoms with Crippen LogP contribution in [0, 0.1) is 0 Å². The molecule has 0 radical (unpaired) electrons. The molecule has 8 heteroatoms. The standard InChI is InChI=1S/C13H20N6O2/c1-4-9(3)16-13(20)14-7-11-17-12(18-21-11)10-6-15-19(5-2)8-10/h6,8-9H,4-5,7H2,1-3H3,(H2,14,16,20)/t9-/m1/s1. The predicted molar refractivity (Wildman–Crippen MR) is 76.3 cm³/mol. The number of aromatic nitrogens is 4. The molecule has 114 valence electrons. The fourth-order valence-corrected chi connectivity index (χ4v) is 1.63. The van der Waals surface area contributed by atoms with Gasteiger partial charge in [0.05, 0.1) is 18.3 Å². The highest BCUT2D eigenvalue weighted by Crippen LogP contribution is 2.14. The molecule has 0 saturated carbocycles. The van der Waals surface area contributed by atoms with Crippen molar-refractivity contribution in [3.63, 3.8) is 0 Å². The molecule has 0 spiro atoms. The molecule has 0 aromatic carbocycles. The molecule has 2 N–H and O–H groups in total. The fraction of sp³-hybridized carbons (Fsp3) is 0.538. The molecule has 21 heavy (non-hydrogen) atoms. The summed E-state index contributed by atoms with van der Waals surface area (Å²) in [6.07, 6.45) is 4.40. The summed E-state index contributed by atoms with van der Waals surface area (Å²) < 4.78 is 6.88. The van der Waals surface area contributed by atoms with E-state index in [4.69, 9.17) is 4.52 Å². The summed E-state index contributed by atoms with van der Waals surface area (Å²) in [5.74, 6) is 0.822. The van der Waals surface area contributed by atoms with E-state index in [0.29, 0.717) is 11.7 Å². The molecule has 0 fully saturated rings. The zero-order chi connectivity index (χ0) is 15.2. The van der Waals surface area contributed by atoms with Crippen molar-refractivity contribution in [1.29, 1.82) is 0 Å². The van der Waals surface area contributed by atoms with Crippen LogP contribution in [0.15, 0.2) is 16.9 Å². The van der Waals surface area contributed by atoms with Gasteiger partial charge in [-0.3, -0.25) is 4.68 Å². The van der Waals surface area contributed by atoms with E-state index in [2.05, 4.69) is 25.9 Å². The molecular formula is C13H20N6O2. The number of nitrogens with zero attached hydrogens (tertiary/aromatic N) is 4. The van der Waals surface area contributed by atoms with Crippen LogP contribution in [0.5, 0.6) is 0 Å². The Morgan fingerprint density at radius 3 is 2.95 bits per heavy atom. The van der Waals surface area contributed by atoms with Crippen molar-refractivity contribution in [2.75, 3.05) is 0 Å². The summed E-state index contributed by atoms with van der Waals surface area (Å²) in [7, 11) is 0. The zero-order valence-corrected chi connectivity index (χ0v) is 12.5. The molecule has 2 aromatic rings. The molecule has 0 aliphatic heterocycles. The first kappa shape index (κ1) is 15.0. The van der Waals surface area contributed by atoms with Crippen LogP contribution in [0.2, 0.25) is 0 Å². The quantitative estimate of drug-likeness (QED) is 0.841. The average Bonchev–Trinajstić information content (AvgIpc) is 3.13. The van der Waals surface area contributed by atoms with E-state index < -0.39 is 0 Å². The first-order chi connectivity index (χ1) is 10.1. The van der Waals surface area contributed by atoms with E-state index >= 15 is 0 Å². The Labute approximate surface area is 122 Å². The van der Waals surface area contributed by atoms with Gasteiger partial charge in [0, 0.05) is 18.8 Å². The van der Waals surface area contributed by atoms with Crippen LogP contribution >= 0.6 is 0 Å². The summed E-state index contributed by atoms with van der Waals surface area (Å²) in [4.78, 5) is 15.8. The number of amides is 2. The average molecular weight is 292 g/mol. The van der Waals surface area contributed by atoms with Gasteiger partial charge < -0.3 is 15.2 Å². The van der Waals surface area contributed by atoms with Crippen molar-refractivity contribution < 1.29 is 9.32 Å². The van der Waals surface area contributed by atoms with E-state index in [1.807, 2.05) is 27.0 Å². The number of hydrogen-bond acceptors (Lipinski definition) is 5. The number of urea groups is 1. The second-order valence-corrected chi connectivity index (χ2v) is 4.73. The van der Waals surface area contributed by atoms with Crippen LogP contribution in [-0.2, 0) is 13.1 Å². The fourth-order valence-electron chi connectivity index (χ4n) is 1.63. The van der Waals surface area contributed by atoms with Gasteiger partial charge in [-0.25, -0.2) is 4.79 Å². The lowest BCUT2D eigenvalue weighted by Crippen LogP contribution is -2.40. The summed E-state index contributed by atoms with van der Waals surface area (Å²) in [5.41, 5.74) is 0.788. The second kappa shape index (κ2) is 6.87. The minimum absolute atomic E-state index is 0.128. The highest BCUT2D eigenvalue weighted by molar-refractivity contribution is 5.74. The summed E-state index contributed by atoms with van der Waals surface area (Å²) in [6.45, 7) is 6.92. The van der Waals surface area contributed by atoms with E-state index in [9.17, 15) is 4.79 Å². The smallest absolute Gasteiger partial charge is 0.315 e. The van der Waals surface area contributed by atoms with Crippen molar-refractivity contribution in [3.05, 3.63) is 18.3 Å². The summed E-state index contributed by atoms with van der Waals surface area (Å²) in [6, 6.07) is -0.119. The minimum Gasteiger partial charge on any atom is -0.337 e. The first-order valence-electron chi connectivity index (χ1n) is 7.02. The van der Waals surface area contributed by atoms with E-state index in [1.54, 1.807) is 10.9 Å². The lowest BCUT2D eigenvalue weighted by molar-refractivity contribution is 0.235. The number of carbonyl (C=O) groups is 1. The van der Waals surface area contributed by atoms with Crippen molar-refractivity contribution in [3.8, 4) is 11.4 Å². The Hall–Kier alpha value is -2.38. The van der Waals surface area contributed by atoms with Crippen LogP contribution in [0.1, 0.15) is 33.1 Å². The third-order valence-electron chi connectivity index (χ3n) is 3.07. The number of nitrogens with one attached hydrogen (secondary N) is 2. The molecule has 2 amide bonds. The monoisotopic (exact) mass is 292 g/mol. The molecule has 0 saturated heterocycles. The molecular weight excluding hydrogens is 272 g/mol. The van der Waals surface area contributed by atoms with Gasteiger partial charge in [0.15, 0.2) is 0 Å². The maximum absolute atomic E-state index is 11.6. The molecule has 2 heterocycles. The van der Waals surface area contributed by atoms with E-state index in [-0.39, 0.29) is 18.6 Å². The third-order valence-corrected chi connectivity index (χ3v) is 3.07. The van der Waals surface area contributed by atoms with Gasteiger partial charge in [-0.1, -0.05) is 12.1 Å². The Bertz CT molecular complexity index is 591. The molecule has 2 aromatic heterocycles. The number of rotatable bonds is 6. The van der Waals surface area contributed by atoms with Crippen LogP contribution in [-0.4, -0.2) is 32.0 Å². The highest BCUT2D eigenvalue weighted by atomic mass is 16.5. The lowest BCUT2D eigenvalue weighted by Gasteiger charge is -2.11. The van der Waals surface area contributed by atoms with Gasteiger partial charge >= 0.3 is 6.03 Å². The normalized spacial score (nSPS) is 12.1. The maximum atomic E-state index is 11.6. The topological polar surface area (TPSA) is 97.9 Å². The molecule has 0 aliphatic rings. The Morgan fingerprint density at radius 2 is 2.29 bits per heavy atom. The van der Waals surface area contributed by atoms with E-state index in [0.717, 1.165) is 18.5 Å². The SMILES string of the molecule is CC[C@@H](C)NC(=O)NCc1nc(-c2cnn(CC)c2)no1. The molecule has 2 rings (SSSR count). The van der Waals surface area contributed by atoms with Gasteiger partial charge in [0.25, 0.3) is 0 Å². The van der Waals surface area contributed by atoms with Crippen LogP contribution in [0.25, 0.3) is 11.4 Å². The Balaban J connectivity index is 1.90. The van der Waals surface area contributed by atoms with Crippen molar-refractivity contribution in [2.45, 2.75) is 46.3 Å². The highest BCUT2D eigenvalue weighted by Gasteiger charge is 2.12. The van der Waals surface area contributed by atoms with Gasteiger partial charge in [0.2, 0.25) is 11.7 Å². The van der Waals surface area contributed by atoms with Crippen LogP contribution < -0.4 is 10.6 Å².